The second kappa shape index (κ2) is 6.60. The summed E-state index contributed by atoms with van der Waals surface area (Å²) in [5, 5.41) is 0.946. The van der Waals surface area contributed by atoms with Gasteiger partial charge in [0.15, 0.2) is 11.5 Å². The number of nitrogens with one attached hydrogen (secondary N) is 1. The van der Waals surface area contributed by atoms with Gasteiger partial charge in [0.25, 0.3) is 5.91 Å². The molecule has 1 amide bonds. The molecule has 27 heavy (non-hydrogen) atoms. The lowest BCUT2D eigenvalue weighted by molar-refractivity contribution is 0.0737. The maximum absolute atomic E-state index is 13.3. The summed E-state index contributed by atoms with van der Waals surface area (Å²) in [5.41, 5.74) is 2.79. The molecule has 1 aromatic heterocycles. The van der Waals surface area contributed by atoms with Crippen molar-refractivity contribution >= 4 is 32.7 Å². The number of fused-ring (bicyclic) bond motifs is 2. The topological polar surface area (TPSA) is 54.6 Å². The number of H-pyrrole nitrogens is 1. The summed E-state index contributed by atoms with van der Waals surface area (Å²) in [6, 6.07) is 12.0. The Morgan fingerprint density at radius 1 is 1.11 bits per heavy atom. The molecule has 0 spiro atoms. The molecule has 0 aliphatic carbocycles. The SMILES string of the molecule is O=C(c1c[nH]c2ccc(Br)cc12)N1CCC[C@H]1c1ccc2c(c1)OCCO2. The third-order valence-electron chi connectivity index (χ3n) is 5.34. The van der Waals surface area contributed by atoms with Gasteiger partial charge in [-0.25, -0.2) is 0 Å². The molecule has 1 N–H and O–H groups in total. The second-order valence-electron chi connectivity index (χ2n) is 6.95. The van der Waals surface area contributed by atoms with E-state index in [9.17, 15) is 4.79 Å². The molecule has 0 unspecified atom stereocenters. The van der Waals surface area contributed by atoms with Crippen LogP contribution in [0.3, 0.4) is 0 Å². The van der Waals surface area contributed by atoms with Crippen molar-refractivity contribution in [2.24, 2.45) is 0 Å². The van der Waals surface area contributed by atoms with E-state index in [4.69, 9.17) is 9.47 Å². The van der Waals surface area contributed by atoms with Gasteiger partial charge < -0.3 is 19.4 Å². The molecule has 1 fully saturated rings. The molecule has 0 radical (unpaired) electrons. The van der Waals surface area contributed by atoms with Crippen LogP contribution in [0.25, 0.3) is 10.9 Å². The van der Waals surface area contributed by atoms with Crippen LogP contribution < -0.4 is 9.47 Å². The maximum Gasteiger partial charge on any atom is 0.256 e. The number of benzene rings is 2. The molecular weight excluding hydrogens is 408 g/mol. The fourth-order valence-corrected chi connectivity index (χ4v) is 4.41. The Morgan fingerprint density at radius 3 is 2.85 bits per heavy atom. The van der Waals surface area contributed by atoms with Crippen LogP contribution in [0.1, 0.15) is 34.8 Å². The van der Waals surface area contributed by atoms with E-state index in [-0.39, 0.29) is 11.9 Å². The fourth-order valence-electron chi connectivity index (χ4n) is 4.05. The van der Waals surface area contributed by atoms with Crippen LogP contribution in [-0.2, 0) is 0 Å². The molecule has 2 aliphatic heterocycles. The number of hydrogen-bond acceptors (Lipinski definition) is 3. The molecule has 0 saturated carbocycles. The minimum atomic E-state index is 0.0606. The van der Waals surface area contributed by atoms with Crippen LogP contribution in [0, 0.1) is 0 Å². The Kier molecular flexibility index (Phi) is 4.08. The first-order valence-corrected chi connectivity index (χ1v) is 9.97. The van der Waals surface area contributed by atoms with Gasteiger partial charge in [-0.1, -0.05) is 22.0 Å². The van der Waals surface area contributed by atoms with E-state index in [1.54, 1.807) is 0 Å². The Hall–Kier alpha value is -2.47. The van der Waals surface area contributed by atoms with E-state index in [2.05, 4.69) is 27.0 Å². The standard InChI is InChI=1S/C21H19BrN2O3/c22-14-4-5-17-15(11-14)16(12-23-17)21(25)24-7-1-2-18(24)13-3-6-19-20(10-13)27-9-8-26-19/h3-6,10-12,18,23H,1-2,7-9H2/t18-/m0/s1. The highest BCUT2D eigenvalue weighted by atomic mass is 79.9. The van der Waals surface area contributed by atoms with Crippen molar-refractivity contribution in [3.63, 3.8) is 0 Å². The van der Waals surface area contributed by atoms with Crippen molar-refractivity contribution in [2.45, 2.75) is 18.9 Å². The van der Waals surface area contributed by atoms with Crippen LogP contribution in [0.15, 0.2) is 47.1 Å². The monoisotopic (exact) mass is 426 g/mol. The van der Waals surface area contributed by atoms with Gasteiger partial charge in [-0.3, -0.25) is 4.79 Å². The number of aromatic nitrogens is 1. The number of hydrogen-bond donors (Lipinski definition) is 1. The van der Waals surface area contributed by atoms with E-state index in [1.165, 1.54) is 0 Å². The third-order valence-corrected chi connectivity index (χ3v) is 5.83. The third kappa shape index (κ3) is 2.88. The van der Waals surface area contributed by atoms with Gasteiger partial charge in [-0.2, -0.15) is 0 Å². The van der Waals surface area contributed by atoms with Gasteiger partial charge in [0.1, 0.15) is 13.2 Å². The molecule has 0 bridgehead atoms. The highest BCUT2D eigenvalue weighted by Crippen LogP contribution is 2.39. The van der Waals surface area contributed by atoms with Crippen LogP contribution in [0.5, 0.6) is 11.5 Å². The molecule has 2 aliphatic rings. The zero-order valence-corrected chi connectivity index (χ0v) is 16.3. The summed E-state index contributed by atoms with van der Waals surface area (Å²) in [5.74, 6) is 1.62. The van der Waals surface area contributed by atoms with Crippen molar-refractivity contribution in [1.82, 2.24) is 9.88 Å². The van der Waals surface area contributed by atoms with Crippen LogP contribution in [0.2, 0.25) is 0 Å². The quantitative estimate of drug-likeness (QED) is 0.646. The Morgan fingerprint density at radius 2 is 1.96 bits per heavy atom. The molecule has 5 rings (SSSR count). The summed E-state index contributed by atoms with van der Waals surface area (Å²) < 4.78 is 12.3. The lowest BCUT2D eigenvalue weighted by Crippen LogP contribution is -2.30. The molecule has 5 nitrogen and oxygen atoms in total. The number of nitrogens with zero attached hydrogens (tertiary/aromatic N) is 1. The van der Waals surface area contributed by atoms with Crippen LogP contribution in [-0.4, -0.2) is 35.5 Å². The normalized spacial score (nSPS) is 18.9. The predicted octanol–water partition coefficient (Wildman–Crippen LogP) is 4.68. The van der Waals surface area contributed by atoms with Crippen molar-refractivity contribution in [3.8, 4) is 11.5 Å². The van der Waals surface area contributed by atoms with Crippen LogP contribution >= 0.6 is 15.9 Å². The Bertz CT molecular complexity index is 1030. The molecule has 1 atom stereocenters. The van der Waals surface area contributed by atoms with Gasteiger partial charge >= 0.3 is 0 Å². The highest BCUT2D eigenvalue weighted by Gasteiger charge is 2.32. The van der Waals surface area contributed by atoms with Gasteiger partial charge in [-0.15, -0.1) is 0 Å². The summed E-state index contributed by atoms with van der Waals surface area (Å²) >= 11 is 3.50. The lowest BCUT2D eigenvalue weighted by atomic mass is 10.0. The Labute approximate surface area is 165 Å². The zero-order chi connectivity index (χ0) is 18.4. The minimum absolute atomic E-state index is 0.0606. The van der Waals surface area contributed by atoms with Gasteiger partial charge in [0.2, 0.25) is 0 Å². The molecule has 138 valence electrons. The lowest BCUT2D eigenvalue weighted by Gasteiger charge is -2.26. The maximum atomic E-state index is 13.3. The fraction of sp³-hybridized carbons (Fsp3) is 0.286. The van der Waals surface area contributed by atoms with Gasteiger partial charge in [0, 0.05) is 28.1 Å². The first kappa shape index (κ1) is 16.7. The minimum Gasteiger partial charge on any atom is -0.486 e. The molecule has 3 heterocycles. The molecular formula is C21H19BrN2O3. The van der Waals surface area contributed by atoms with E-state index >= 15 is 0 Å². The highest BCUT2D eigenvalue weighted by molar-refractivity contribution is 9.10. The first-order valence-electron chi connectivity index (χ1n) is 9.18. The van der Waals surface area contributed by atoms with Gasteiger partial charge in [0.05, 0.1) is 11.6 Å². The average Bonchev–Trinajstić information content (AvgIpc) is 3.34. The average molecular weight is 427 g/mol. The molecule has 6 heteroatoms. The first-order chi connectivity index (χ1) is 13.2. The molecule has 2 aromatic carbocycles. The van der Waals surface area contributed by atoms with Gasteiger partial charge in [-0.05, 0) is 48.7 Å². The number of aromatic amines is 1. The summed E-state index contributed by atoms with van der Waals surface area (Å²) in [6.07, 6.45) is 3.77. The summed E-state index contributed by atoms with van der Waals surface area (Å²) in [4.78, 5) is 18.5. The zero-order valence-electron chi connectivity index (χ0n) is 14.7. The number of ether oxygens (including phenoxy) is 2. The van der Waals surface area contributed by atoms with Crippen molar-refractivity contribution in [2.75, 3.05) is 19.8 Å². The van der Waals surface area contributed by atoms with E-state index < -0.39 is 0 Å². The molecule has 3 aromatic rings. The van der Waals surface area contributed by atoms with E-state index in [0.29, 0.717) is 13.2 Å². The van der Waals surface area contributed by atoms with Crippen molar-refractivity contribution < 1.29 is 14.3 Å². The summed E-state index contributed by atoms with van der Waals surface area (Å²) in [6.45, 7) is 1.91. The second-order valence-corrected chi connectivity index (χ2v) is 7.87. The number of carbonyl (C=O) groups excluding carboxylic acids is 1. The predicted molar refractivity (Wildman–Crippen MR) is 106 cm³/mol. The number of halogens is 1. The smallest absolute Gasteiger partial charge is 0.256 e. The van der Waals surface area contributed by atoms with Crippen LogP contribution in [0.4, 0.5) is 0 Å². The van der Waals surface area contributed by atoms with Crippen molar-refractivity contribution in [3.05, 3.63) is 58.2 Å². The van der Waals surface area contributed by atoms with E-state index in [0.717, 1.165) is 57.4 Å². The largest absolute Gasteiger partial charge is 0.486 e. The number of rotatable bonds is 2. The number of likely N-dealkylation sites (tertiary alicyclic amines) is 1. The van der Waals surface area contributed by atoms with Crippen molar-refractivity contribution in [1.29, 1.82) is 0 Å². The Balaban J connectivity index is 1.48. The summed E-state index contributed by atoms with van der Waals surface area (Å²) in [7, 11) is 0. The molecule has 1 saturated heterocycles. The number of carbonyl (C=O) groups is 1. The number of amides is 1. The van der Waals surface area contributed by atoms with E-state index in [1.807, 2.05) is 41.4 Å².